The molecule has 1 amide bonds. The zero-order valence-electron chi connectivity index (χ0n) is 9.84. The van der Waals surface area contributed by atoms with E-state index < -0.39 is 0 Å². The van der Waals surface area contributed by atoms with E-state index >= 15 is 0 Å². The summed E-state index contributed by atoms with van der Waals surface area (Å²) in [4.78, 5) is 11.7. The number of nitrogens with one attached hydrogen (secondary N) is 2. The molecule has 2 saturated heterocycles. The monoisotopic (exact) mass is 226 g/mol. The lowest BCUT2D eigenvalue weighted by Crippen LogP contribution is -2.38. The second kappa shape index (κ2) is 6.21. The van der Waals surface area contributed by atoms with Crippen molar-refractivity contribution in [2.75, 3.05) is 26.3 Å². The van der Waals surface area contributed by atoms with Gasteiger partial charge in [0, 0.05) is 25.7 Å². The van der Waals surface area contributed by atoms with Crippen molar-refractivity contribution in [1.82, 2.24) is 10.6 Å². The van der Waals surface area contributed by atoms with E-state index in [0.717, 1.165) is 45.6 Å². The average Bonchev–Trinajstić information content (AvgIpc) is 2.81. The Kier molecular flexibility index (Phi) is 4.60. The van der Waals surface area contributed by atoms with Crippen molar-refractivity contribution < 1.29 is 9.53 Å². The highest BCUT2D eigenvalue weighted by Crippen LogP contribution is 2.14. The first-order chi connectivity index (χ1) is 7.84. The normalized spacial score (nSPS) is 26.9. The Balaban J connectivity index is 1.59. The molecule has 2 heterocycles. The third-order valence-electron chi connectivity index (χ3n) is 3.53. The van der Waals surface area contributed by atoms with E-state index in [0.29, 0.717) is 18.4 Å². The molecule has 4 nitrogen and oxygen atoms in total. The molecule has 0 bridgehead atoms. The fourth-order valence-corrected chi connectivity index (χ4v) is 2.44. The van der Waals surface area contributed by atoms with E-state index in [1.807, 2.05) is 0 Å². The number of carbonyl (C=O) groups is 1. The summed E-state index contributed by atoms with van der Waals surface area (Å²) >= 11 is 0. The summed E-state index contributed by atoms with van der Waals surface area (Å²) < 4.78 is 5.26. The molecule has 2 rings (SSSR count). The highest BCUT2D eigenvalue weighted by molar-refractivity contribution is 5.76. The molecule has 92 valence electrons. The van der Waals surface area contributed by atoms with Crippen LogP contribution in [-0.2, 0) is 9.53 Å². The molecule has 0 radical (unpaired) electrons. The van der Waals surface area contributed by atoms with Gasteiger partial charge in [0.05, 0.1) is 0 Å². The molecular weight excluding hydrogens is 204 g/mol. The molecule has 0 aromatic carbocycles. The molecular formula is C12H22N2O2. The van der Waals surface area contributed by atoms with Crippen molar-refractivity contribution >= 4 is 5.91 Å². The topological polar surface area (TPSA) is 50.4 Å². The lowest BCUT2D eigenvalue weighted by Gasteiger charge is -2.23. The summed E-state index contributed by atoms with van der Waals surface area (Å²) in [6.07, 6.45) is 4.88. The summed E-state index contributed by atoms with van der Waals surface area (Å²) in [6, 6.07) is 0.350. The minimum Gasteiger partial charge on any atom is -0.381 e. The Bertz CT molecular complexity index is 221. The SMILES string of the molecule is O=C(CCC1CCNC1)NC1CCOCC1. The Hall–Kier alpha value is -0.610. The Morgan fingerprint density at radius 1 is 1.31 bits per heavy atom. The molecule has 0 saturated carbocycles. The van der Waals surface area contributed by atoms with Gasteiger partial charge in [-0.15, -0.1) is 0 Å². The maximum absolute atomic E-state index is 11.7. The number of carbonyl (C=O) groups excluding carboxylic acids is 1. The standard InChI is InChI=1S/C12H22N2O2/c15-12(2-1-10-3-6-13-9-10)14-11-4-7-16-8-5-11/h10-11,13H,1-9H2,(H,14,15). The number of amides is 1. The first kappa shape index (κ1) is 11.9. The fourth-order valence-electron chi connectivity index (χ4n) is 2.44. The minimum atomic E-state index is 0.221. The van der Waals surface area contributed by atoms with Gasteiger partial charge in [-0.25, -0.2) is 0 Å². The van der Waals surface area contributed by atoms with E-state index in [4.69, 9.17) is 4.74 Å². The average molecular weight is 226 g/mol. The summed E-state index contributed by atoms with van der Waals surface area (Å²) in [5, 5.41) is 6.43. The van der Waals surface area contributed by atoms with Crippen LogP contribution in [0.1, 0.15) is 32.1 Å². The zero-order valence-corrected chi connectivity index (χ0v) is 9.84. The summed E-state index contributed by atoms with van der Waals surface area (Å²) in [5.41, 5.74) is 0. The molecule has 0 spiro atoms. The molecule has 0 aliphatic carbocycles. The van der Waals surface area contributed by atoms with E-state index in [-0.39, 0.29) is 5.91 Å². The van der Waals surface area contributed by atoms with Crippen LogP contribution in [0.3, 0.4) is 0 Å². The maximum Gasteiger partial charge on any atom is 0.220 e. The van der Waals surface area contributed by atoms with Crippen LogP contribution in [0.15, 0.2) is 0 Å². The van der Waals surface area contributed by atoms with Crippen molar-refractivity contribution in [2.24, 2.45) is 5.92 Å². The van der Waals surface area contributed by atoms with E-state index in [2.05, 4.69) is 10.6 Å². The van der Waals surface area contributed by atoms with Crippen LogP contribution in [0.4, 0.5) is 0 Å². The second-order valence-electron chi connectivity index (χ2n) is 4.85. The van der Waals surface area contributed by atoms with Crippen molar-refractivity contribution in [1.29, 1.82) is 0 Å². The second-order valence-corrected chi connectivity index (χ2v) is 4.85. The van der Waals surface area contributed by atoms with E-state index in [1.54, 1.807) is 0 Å². The van der Waals surface area contributed by atoms with Gasteiger partial charge in [0.15, 0.2) is 0 Å². The first-order valence-corrected chi connectivity index (χ1v) is 6.42. The number of hydrogen-bond acceptors (Lipinski definition) is 3. The predicted octanol–water partition coefficient (Wildman–Crippen LogP) is 0.671. The van der Waals surface area contributed by atoms with Crippen LogP contribution < -0.4 is 10.6 Å². The molecule has 2 aliphatic heterocycles. The van der Waals surface area contributed by atoms with Crippen molar-refractivity contribution in [2.45, 2.75) is 38.1 Å². The largest absolute Gasteiger partial charge is 0.381 e. The maximum atomic E-state index is 11.7. The molecule has 2 fully saturated rings. The van der Waals surface area contributed by atoms with Gasteiger partial charge in [-0.2, -0.15) is 0 Å². The Labute approximate surface area is 97.1 Å². The molecule has 16 heavy (non-hydrogen) atoms. The number of ether oxygens (including phenoxy) is 1. The Morgan fingerprint density at radius 3 is 2.81 bits per heavy atom. The van der Waals surface area contributed by atoms with Gasteiger partial charge < -0.3 is 15.4 Å². The van der Waals surface area contributed by atoms with Crippen molar-refractivity contribution in [3.63, 3.8) is 0 Å². The fraction of sp³-hybridized carbons (Fsp3) is 0.917. The van der Waals surface area contributed by atoms with Gasteiger partial charge in [0.25, 0.3) is 0 Å². The molecule has 2 N–H and O–H groups in total. The third-order valence-corrected chi connectivity index (χ3v) is 3.53. The molecule has 4 heteroatoms. The molecule has 1 unspecified atom stereocenters. The van der Waals surface area contributed by atoms with Gasteiger partial charge >= 0.3 is 0 Å². The van der Waals surface area contributed by atoms with Crippen LogP contribution >= 0.6 is 0 Å². The molecule has 1 atom stereocenters. The lowest BCUT2D eigenvalue weighted by atomic mass is 10.0. The van der Waals surface area contributed by atoms with Crippen LogP contribution in [-0.4, -0.2) is 38.3 Å². The van der Waals surface area contributed by atoms with Crippen molar-refractivity contribution in [3.05, 3.63) is 0 Å². The van der Waals surface area contributed by atoms with Gasteiger partial charge in [-0.05, 0) is 44.7 Å². The van der Waals surface area contributed by atoms with Crippen molar-refractivity contribution in [3.8, 4) is 0 Å². The zero-order chi connectivity index (χ0) is 11.2. The van der Waals surface area contributed by atoms with Gasteiger partial charge in [-0.1, -0.05) is 0 Å². The third kappa shape index (κ3) is 3.76. The van der Waals surface area contributed by atoms with Crippen LogP contribution in [0.25, 0.3) is 0 Å². The van der Waals surface area contributed by atoms with Gasteiger partial charge in [0.1, 0.15) is 0 Å². The summed E-state index contributed by atoms with van der Waals surface area (Å²) in [5.74, 6) is 0.930. The van der Waals surface area contributed by atoms with Gasteiger partial charge in [0.2, 0.25) is 5.91 Å². The quantitative estimate of drug-likeness (QED) is 0.741. The number of rotatable bonds is 4. The smallest absolute Gasteiger partial charge is 0.220 e. The summed E-state index contributed by atoms with van der Waals surface area (Å²) in [7, 11) is 0. The Morgan fingerprint density at radius 2 is 2.12 bits per heavy atom. The molecule has 2 aliphatic rings. The highest BCUT2D eigenvalue weighted by atomic mass is 16.5. The van der Waals surface area contributed by atoms with Crippen LogP contribution in [0.2, 0.25) is 0 Å². The summed E-state index contributed by atoms with van der Waals surface area (Å²) in [6.45, 7) is 3.78. The number of hydrogen-bond donors (Lipinski definition) is 2. The van der Waals surface area contributed by atoms with Gasteiger partial charge in [-0.3, -0.25) is 4.79 Å². The van der Waals surface area contributed by atoms with Crippen LogP contribution in [0.5, 0.6) is 0 Å². The predicted molar refractivity (Wildman–Crippen MR) is 62.2 cm³/mol. The van der Waals surface area contributed by atoms with E-state index in [1.165, 1.54) is 6.42 Å². The molecule has 0 aromatic heterocycles. The highest BCUT2D eigenvalue weighted by Gasteiger charge is 2.18. The van der Waals surface area contributed by atoms with Crippen LogP contribution in [0, 0.1) is 5.92 Å². The lowest BCUT2D eigenvalue weighted by molar-refractivity contribution is -0.122. The minimum absolute atomic E-state index is 0.221. The first-order valence-electron chi connectivity index (χ1n) is 6.42. The molecule has 0 aromatic rings. The van der Waals surface area contributed by atoms with E-state index in [9.17, 15) is 4.79 Å².